The highest BCUT2D eigenvalue weighted by molar-refractivity contribution is 6.33. The van der Waals surface area contributed by atoms with E-state index >= 15 is 0 Å². The number of carbonyl (C=O) groups is 1. The molecule has 1 aliphatic rings. The zero-order valence-corrected chi connectivity index (χ0v) is 18.4. The van der Waals surface area contributed by atoms with Crippen molar-refractivity contribution in [3.05, 3.63) is 76.7 Å². The lowest BCUT2D eigenvalue weighted by molar-refractivity contribution is 0.0955. The summed E-state index contributed by atoms with van der Waals surface area (Å²) in [7, 11) is 0. The van der Waals surface area contributed by atoms with Crippen LogP contribution in [0.4, 0.5) is 5.82 Å². The number of fused-ring (bicyclic) bond motifs is 1. The first-order valence-electron chi connectivity index (χ1n) is 10.7. The number of benzene rings is 2. The van der Waals surface area contributed by atoms with Gasteiger partial charge in [-0.1, -0.05) is 41.9 Å². The molecule has 8 heteroatoms. The number of rotatable bonds is 7. The standard InChI is InChI=1S/C24H23ClN6O/c1-15-20-22(26-13-14-27-24(32)18-9-5-6-10-19(18)25)28-21(16-11-12-16)29-23(20)31(30-15)17-7-3-2-4-8-17/h2-10,16H,11-14H2,1H3,(H,27,32)(H,26,28,29). The predicted molar refractivity (Wildman–Crippen MR) is 126 cm³/mol. The number of aromatic nitrogens is 4. The van der Waals surface area contributed by atoms with Crippen LogP contribution in [0.25, 0.3) is 16.7 Å². The van der Waals surface area contributed by atoms with E-state index < -0.39 is 0 Å². The Labute approximate surface area is 190 Å². The lowest BCUT2D eigenvalue weighted by atomic mass is 10.2. The van der Waals surface area contributed by atoms with Crippen molar-refractivity contribution < 1.29 is 4.79 Å². The molecule has 0 aliphatic heterocycles. The minimum Gasteiger partial charge on any atom is -0.368 e. The summed E-state index contributed by atoms with van der Waals surface area (Å²) >= 11 is 6.11. The number of hydrogen-bond acceptors (Lipinski definition) is 5. The van der Waals surface area contributed by atoms with E-state index in [0.29, 0.717) is 29.6 Å². The zero-order valence-electron chi connectivity index (χ0n) is 17.7. The fourth-order valence-electron chi connectivity index (χ4n) is 3.70. The number of aryl methyl sites for hydroxylation is 1. The second kappa shape index (κ2) is 8.59. The number of nitrogens with zero attached hydrogens (tertiary/aromatic N) is 4. The minimum atomic E-state index is -0.197. The summed E-state index contributed by atoms with van der Waals surface area (Å²) in [5, 5.41) is 12.4. The molecule has 1 saturated carbocycles. The van der Waals surface area contributed by atoms with E-state index in [0.717, 1.165) is 46.9 Å². The largest absolute Gasteiger partial charge is 0.368 e. The Morgan fingerprint density at radius 1 is 1.06 bits per heavy atom. The van der Waals surface area contributed by atoms with E-state index in [1.807, 2.05) is 41.9 Å². The first kappa shape index (κ1) is 20.5. The lowest BCUT2D eigenvalue weighted by Crippen LogP contribution is -2.29. The number of para-hydroxylation sites is 1. The monoisotopic (exact) mass is 446 g/mol. The van der Waals surface area contributed by atoms with Gasteiger partial charge in [0.1, 0.15) is 11.6 Å². The van der Waals surface area contributed by atoms with E-state index in [4.69, 9.17) is 26.7 Å². The molecular formula is C24H23ClN6O. The maximum Gasteiger partial charge on any atom is 0.252 e. The minimum absolute atomic E-state index is 0.197. The molecule has 32 heavy (non-hydrogen) atoms. The molecule has 1 fully saturated rings. The Morgan fingerprint density at radius 2 is 1.81 bits per heavy atom. The number of nitrogens with one attached hydrogen (secondary N) is 2. The second-order valence-corrected chi connectivity index (χ2v) is 8.31. The van der Waals surface area contributed by atoms with Crippen LogP contribution in [0.5, 0.6) is 0 Å². The van der Waals surface area contributed by atoms with Crippen molar-refractivity contribution in [3.63, 3.8) is 0 Å². The number of amides is 1. The molecule has 7 nitrogen and oxygen atoms in total. The summed E-state index contributed by atoms with van der Waals surface area (Å²) in [5.74, 6) is 1.80. The normalized spacial score (nSPS) is 13.3. The van der Waals surface area contributed by atoms with Gasteiger partial charge in [-0.25, -0.2) is 14.6 Å². The molecule has 0 spiro atoms. The van der Waals surface area contributed by atoms with Gasteiger partial charge in [-0.3, -0.25) is 4.79 Å². The van der Waals surface area contributed by atoms with Crippen LogP contribution in [0.15, 0.2) is 54.6 Å². The second-order valence-electron chi connectivity index (χ2n) is 7.90. The number of carbonyl (C=O) groups excluding carboxylic acids is 1. The van der Waals surface area contributed by atoms with Gasteiger partial charge in [-0.15, -0.1) is 0 Å². The molecule has 2 heterocycles. The SMILES string of the molecule is Cc1nn(-c2ccccc2)c2nc(C3CC3)nc(NCCNC(=O)c3ccccc3Cl)c12. The smallest absolute Gasteiger partial charge is 0.252 e. The van der Waals surface area contributed by atoms with Crippen molar-refractivity contribution >= 4 is 34.4 Å². The highest BCUT2D eigenvalue weighted by atomic mass is 35.5. The van der Waals surface area contributed by atoms with Crippen LogP contribution >= 0.6 is 11.6 Å². The average Bonchev–Trinajstić information content (AvgIpc) is 3.61. The topological polar surface area (TPSA) is 84.7 Å². The van der Waals surface area contributed by atoms with Crippen molar-refractivity contribution in [2.45, 2.75) is 25.7 Å². The maximum atomic E-state index is 12.4. The fourth-order valence-corrected chi connectivity index (χ4v) is 3.92. The highest BCUT2D eigenvalue weighted by Crippen LogP contribution is 2.40. The van der Waals surface area contributed by atoms with Crippen molar-refractivity contribution in [2.24, 2.45) is 0 Å². The third kappa shape index (κ3) is 4.03. The molecule has 2 N–H and O–H groups in total. The number of halogens is 1. The third-order valence-corrected chi connectivity index (χ3v) is 5.81. The van der Waals surface area contributed by atoms with Gasteiger partial charge in [0, 0.05) is 19.0 Å². The summed E-state index contributed by atoms with van der Waals surface area (Å²) < 4.78 is 1.88. The van der Waals surface area contributed by atoms with Gasteiger partial charge < -0.3 is 10.6 Å². The van der Waals surface area contributed by atoms with Crippen molar-refractivity contribution in [2.75, 3.05) is 18.4 Å². The van der Waals surface area contributed by atoms with Crippen LogP contribution in [-0.2, 0) is 0 Å². The van der Waals surface area contributed by atoms with Crippen LogP contribution in [0, 0.1) is 6.92 Å². The summed E-state index contributed by atoms with van der Waals surface area (Å²) in [6.45, 7) is 2.91. The number of hydrogen-bond donors (Lipinski definition) is 2. The number of anilines is 1. The Bertz CT molecular complexity index is 1280. The molecule has 0 atom stereocenters. The van der Waals surface area contributed by atoms with Gasteiger partial charge >= 0.3 is 0 Å². The molecule has 1 amide bonds. The van der Waals surface area contributed by atoms with Gasteiger partial charge in [0.2, 0.25) is 0 Å². The van der Waals surface area contributed by atoms with Gasteiger partial charge in [0.15, 0.2) is 5.65 Å². The van der Waals surface area contributed by atoms with E-state index in [2.05, 4.69) is 10.6 Å². The molecule has 2 aromatic carbocycles. The summed E-state index contributed by atoms with van der Waals surface area (Å²) in [6.07, 6.45) is 2.22. The molecule has 5 rings (SSSR count). The molecule has 162 valence electrons. The summed E-state index contributed by atoms with van der Waals surface area (Å²) in [4.78, 5) is 22.1. The molecular weight excluding hydrogens is 424 g/mol. The Kier molecular flexibility index (Phi) is 5.49. The van der Waals surface area contributed by atoms with E-state index in [1.54, 1.807) is 24.3 Å². The third-order valence-electron chi connectivity index (χ3n) is 5.48. The van der Waals surface area contributed by atoms with Gasteiger partial charge in [-0.2, -0.15) is 5.10 Å². The van der Waals surface area contributed by atoms with Gasteiger partial charge in [0.25, 0.3) is 5.91 Å². The maximum absolute atomic E-state index is 12.4. The summed E-state index contributed by atoms with van der Waals surface area (Å²) in [6, 6.07) is 17.0. The predicted octanol–water partition coefficient (Wildman–Crippen LogP) is 4.50. The molecule has 0 saturated heterocycles. The summed E-state index contributed by atoms with van der Waals surface area (Å²) in [5.41, 5.74) is 3.08. The van der Waals surface area contributed by atoms with Crippen LogP contribution in [-0.4, -0.2) is 38.7 Å². The molecule has 0 bridgehead atoms. The van der Waals surface area contributed by atoms with E-state index in [9.17, 15) is 4.79 Å². The first-order valence-corrected chi connectivity index (χ1v) is 11.1. The van der Waals surface area contributed by atoms with Crippen molar-refractivity contribution in [3.8, 4) is 5.69 Å². The average molecular weight is 447 g/mol. The first-order chi connectivity index (χ1) is 15.6. The van der Waals surface area contributed by atoms with E-state index in [1.165, 1.54) is 0 Å². The molecule has 0 radical (unpaired) electrons. The van der Waals surface area contributed by atoms with Crippen molar-refractivity contribution in [1.82, 2.24) is 25.1 Å². The lowest BCUT2D eigenvalue weighted by Gasteiger charge is -2.11. The van der Waals surface area contributed by atoms with Crippen LogP contribution in [0.1, 0.15) is 40.6 Å². The fraction of sp³-hybridized carbons (Fsp3) is 0.250. The van der Waals surface area contributed by atoms with Crippen molar-refractivity contribution in [1.29, 1.82) is 0 Å². The van der Waals surface area contributed by atoms with Crippen LogP contribution in [0.2, 0.25) is 5.02 Å². The Morgan fingerprint density at radius 3 is 2.56 bits per heavy atom. The van der Waals surface area contributed by atoms with Crippen LogP contribution < -0.4 is 10.6 Å². The zero-order chi connectivity index (χ0) is 22.1. The Hall–Kier alpha value is -3.45. The quantitative estimate of drug-likeness (QED) is 0.408. The Balaban J connectivity index is 1.38. The molecule has 0 unspecified atom stereocenters. The van der Waals surface area contributed by atoms with Crippen LogP contribution in [0.3, 0.4) is 0 Å². The molecule has 2 aromatic heterocycles. The van der Waals surface area contributed by atoms with Gasteiger partial charge in [0.05, 0.1) is 27.4 Å². The van der Waals surface area contributed by atoms with E-state index in [-0.39, 0.29) is 5.91 Å². The van der Waals surface area contributed by atoms with Gasteiger partial charge in [-0.05, 0) is 44.0 Å². The highest BCUT2D eigenvalue weighted by Gasteiger charge is 2.29. The molecule has 4 aromatic rings. The molecule has 1 aliphatic carbocycles.